The maximum Gasteiger partial charge on any atom is 0.416 e. The molecular formula is C16H14F3N3O5. The van der Waals surface area contributed by atoms with Crippen LogP contribution in [-0.4, -0.2) is 27.9 Å². The molecule has 27 heavy (non-hydrogen) atoms. The molecule has 0 aliphatic heterocycles. The number of aromatic nitrogens is 2. The van der Waals surface area contributed by atoms with E-state index >= 15 is 0 Å². The van der Waals surface area contributed by atoms with E-state index in [1.54, 1.807) is 0 Å². The van der Waals surface area contributed by atoms with Crippen LogP contribution in [-0.2, 0) is 29.2 Å². The van der Waals surface area contributed by atoms with Gasteiger partial charge in [0.25, 0.3) is 5.56 Å². The fourth-order valence-corrected chi connectivity index (χ4v) is 2.20. The van der Waals surface area contributed by atoms with E-state index in [1.165, 1.54) is 13.1 Å². The van der Waals surface area contributed by atoms with Crippen molar-refractivity contribution in [3.8, 4) is 0 Å². The maximum atomic E-state index is 12.7. The molecular weight excluding hydrogens is 371 g/mol. The largest absolute Gasteiger partial charge is 0.457 e. The predicted octanol–water partition coefficient (Wildman–Crippen LogP) is 0.643. The van der Waals surface area contributed by atoms with Gasteiger partial charge in [0.15, 0.2) is 6.61 Å². The summed E-state index contributed by atoms with van der Waals surface area (Å²) in [6.07, 6.45) is -5.06. The number of anilines is 1. The summed E-state index contributed by atoms with van der Waals surface area (Å²) < 4.78 is 43.5. The highest BCUT2D eigenvalue weighted by Gasteiger charge is 2.30. The van der Waals surface area contributed by atoms with E-state index in [9.17, 15) is 32.3 Å². The maximum absolute atomic E-state index is 12.7. The van der Waals surface area contributed by atoms with Crippen molar-refractivity contribution in [3.63, 3.8) is 0 Å². The first-order valence-corrected chi connectivity index (χ1v) is 7.44. The van der Waals surface area contributed by atoms with E-state index in [0.29, 0.717) is 0 Å². The zero-order chi connectivity index (χ0) is 20.4. The van der Waals surface area contributed by atoms with E-state index in [1.807, 2.05) is 4.98 Å². The van der Waals surface area contributed by atoms with Crippen molar-refractivity contribution < 1.29 is 27.5 Å². The van der Waals surface area contributed by atoms with Crippen LogP contribution in [0.1, 0.15) is 21.5 Å². The van der Waals surface area contributed by atoms with Crippen LogP contribution in [0.5, 0.6) is 0 Å². The lowest BCUT2D eigenvalue weighted by Crippen LogP contribution is -2.35. The smallest absolute Gasteiger partial charge is 0.416 e. The van der Waals surface area contributed by atoms with Crippen LogP contribution in [0.15, 0.2) is 33.9 Å². The van der Waals surface area contributed by atoms with E-state index < -0.39 is 59.2 Å². The number of esters is 1. The topological polar surface area (TPSA) is 124 Å². The summed E-state index contributed by atoms with van der Waals surface area (Å²) >= 11 is 0. The van der Waals surface area contributed by atoms with Gasteiger partial charge in [-0.05, 0) is 11.6 Å². The van der Waals surface area contributed by atoms with Crippen LogP contribution >= 0.6 is 0 Å². The molecule has 0 bridgehead atoms. The normalized spacial score (nSPS) is 11.3. The molecule has 0 spiro atoms. The number of benzene rings is 1. The first-order chi connectivity index (χ1) is 12.5. The van der Waals surface area contributed by atoms with E-state index in [0.717, 1.165) is 22.8 Å². The highest BCUT2D eigenvalue weighted by atomic mass is 19.4. The number of rotatable bonds is 5. The first-order valence-electron chi connectivity index (χ1n) is 7.44. The van der Waals surface area contributed by atoms with Gasteiger partial charge in [-0.25, -0.2) is 4.79 Å². The Morgan fingerprint density at radius 1 is 1.26 bits per heavy atom. The third kappa shape index (κ3) is 4.63. The Hall–Kier alpha value is -3.37. The lowest BCUT2D eigenvalue weighted by molar-refractivity contribution is -0.142. The fourth-order valence-electron chi connectivity index (χ4n) is 2.20. The molecule has 0 aliphatic carbocycles. The highest BCUT2D eigenvalue weighted by molar-refractivity contribution is 6.01. The van der Waals surface area contributed by atoms with Crippen molar-refractivity contribution >= 4 is 17.6 Å². The van der Waals surface area contributed by atoms with Crippen molar-refractivity contribution in [1.29, 1.82) is 0 Å². The molecule has 0 unspecified atom stereocenters. The molecule has 0 amide bonds. The number of nitrogens with one attached hydrogen (secondary N) is 1. The molecule has 1 heterocycles. The Bertz CT molecular complexity index is 1010. The minimum absolute atomic E-state index is 0.0433. The number of aromatic amines is 1. The molecule has 0 saturated carbocycles. The summed E-state index contributed by atoms with van der Waals surface area (Å²) in [6, 6.07) is 4.08. The molecule has 0 atom stereocenters. The molecule has 3 N–H and O–H groups in total. The number of ether oxygens (including phenoxy) is 1. The molecule has 1 aromatic heterocycles. The number of Topliss-reactive ketones (excluding diaryl/α,β-unsaturated/α-hetero) is 1. The van der Waals surface area contributed by atoms with Crippen LogP contribution in [0.25, 0.3) is 0 Å². The van der Waals surface area contributed by atoms with Crippen molar-refractivity contribution in [2.45, 2.75) is 12.6 Å². The van der Waals surface area contributed by atoms with Crippen LogP contribution in [0, 0.1) is 0 Å². The molecule has 8 nitrogen and oxygen atoms in total. The monoisotopic (exact) mass is 385 g/mol. The van der Waals surface area contributed by atoms with Crippen LogP contribution < -0.4 is 17.0 Å². The second kappa shape index (κ2) is 7.48. The Morgan fingerprint density at radius 3 is 2.56 bits per heavy atom. The summed E-state index contributed by atoms with van der Waals surface area (Å²) in [4.78, 5) is 48.8. The van der Waals surface area contributed by atoms with Gasteiger partial charge in [0.2, 0.25) is 5.78 Å². The van der Waals surface area contributed by atoms with Crippen LogP contribution in [0.2, 0.25) is 0 Å². The molecule has 0 fully saturated rings. The average Bonchev–Trinajstić information content (AvgIpc) is 2.57. The predicted molar refractivity (Wildman–Crippen MR) is 87.2 cm³/mol. The van der Waals surface area contributed by atoms with Gasteiger partial charge in [0.1, 0.15) is 11.4 Å². The van der Waals surface area contributed by atoms with E-state index in [2.05, 4.69) is 0 Å². The number of carbonyl (C=O) groups excluding carboxylic acids is 2. The van der Waals surface area contributed by atoms with E-state index in [-0.39, 0.29) is 5.56 Å². The van der Waals surface area contributed by atoms with Crippen LogP contribution in [0.4, 0.5) is 19.0 Å². The number of hydrogen-bond acceptors (Lipinski definition) is 6. The quantitative estimate of drug-likeness (QED) is 0.575. The average molecular weight is 385 g/mol. The number of halogens is 3. The molecule has 2 aromatic rings. The number of alkyl halides is 3. The molecule has 2 rings (SSSR count). The summed E-state index contributed by atoms with van der Waals surface area (Å²) in [6.45, 7) is -0.858. The molecule has 0 saturated heterocycles. The second-order valence-corrected chi connectivity index (χ2v) is 5.54. The SMILES string of the molecule is Cn1c(N)c(C(=O)COC(=O)Cc2cccc(C(F)(F)F)c2)c(=O)[nH]c1=O. The summed E-state index contributed by atoms with van der Waals surface area (Å²) in [5.41, 5.74) is 2.26. The number of ketones is 1. The number of H-pyrrole nitrogens is 1. The minimum atomic E-state index is -4.56. The van der Waals surface area contributed by atoms with Crippen molar-refractivity contribution in [2.75, 3.05) is 12.3 Å². The summed E-state index contributed by atoms with van der Waals surface area (Å²) in [5, 5.41) is 0. The van der Waals surface area contributed by atoms with Gasteiger partial charge in [-0.1, -0.05) is 18.2 Å². The molecule has 0 aliphatic rings. The Morgan fingerprint density at radius 2 is 1.93 bits per heavy atom. The van der Waals surface area contributed by atoms with Gasteiger partial charge >= 0.3 is 17.8 Å². The van der Waals surface area contributed by atoms with E-state index in [4.69, 9.17) is 10.5 Å². The number of nitrogen functional groups attached to an aromatic ring is 1. The van der Waals surface area contributed by atoms with Gasteiger partial charge in [-0.2, -0.15) is 13.2 Å². The van der Waals surface area contributed by atoms with Crippen molar-refractivity contribution in [2.24, 2.45) is 7.05 Å². The Balaban J connectivity index is 2.07. The summed E-state index contributed by atoms with van der Waals surface area (Å²) in [7, 11) is 1.23. The molecule has 0 radical (unpaired) electrons. The molecule has 144 valence electrons. The number of nitrogens with two attached hydrogens (primary N) is 1. The first kappa shape index (κ1) is 19.9. The second-order valence-electron chi connectivity index (χ2n) is 5.54. The van der Waals surface area contributed by atoms with Gasteiger partial charge in [-0.15, -0.1) is 0 Å². The standard InChI is InChI=1S/C16H14F3N3O5/c1-22-13(20)12(14(25)21-15(22)26)10(23)7-27-11(24)6-8-3-2-4-9(5-8)16(17,18)19/h2-5H,6-7,20H2,1H3,(H,21,25,26). The number of nitrogens with zero attached hydrogens (tertiary/aromatic N) is 1. The van der Waals surface area contributed by atoms with Gasteiger partial charge < -0.3 is 10.5 Å². The summed E-state index contributed by atoms with van der Waals surface area (Å²) in [5.74, 6) is -2.33. The lowest BCUT2D eigenvalue weighted by atomic mass is 10.1. The van der Waals surface area contributed by atoms with Crippen molar-refractivity contribution in [3.05, 3.63) is 61.8 Å². The Labute approximate surface area is 149 Å². The van der Waals surface area contributed by atoms with Crippen molar-refractivity contribution in [1.82, 2.24) is 9.55 Å². The number of carbonyl (C=O) groups is 2. The highest BCUT2D eigenvalue weighted by Crippen LogP contribution is 2.29. The van der Waals surface area contributed by atoms with Gasteiger partial charge in [0, 0.05) is 7.05 Å². The molecule has 11 heteroatoms. The Kier molecular flexibility index (Phi) is 5.52. The zero-order valence-electron chi connectivity index (χ0n) is 13.9. The van der Waals surface area contributed by atoms with Gasteiger partial charge in [-0.3, -0.25) is 23.9 Å². The zero-order valence-corrected chi connectivity index (χ0v) is 13.9. The van der Waals surface area contributed by atoms with Gasteiger partial charge in [0.05, 0.1) is 12.0 Å². The third-order valence-corrected chi connectivity index (χ3v) is 3.62. The fraction of sp³-hybridized carbons (Fsp3) is 0.250. The lowest BCUT2D eigenvalue weighted by Gasteiger charge is -2.09. The molecule has 1 aromatic carbocycles. The third-order valence-electron chi connectivity index (χ3n) is 3.62. The minimum Gasteiger partial charge on any atom is -0.457 e. The number of hydrogen-bond donors (Lipinski definition) is 2. The van der Waals surface area contributed by atoms with Crippen LogP contribution in [0.3, 0.4) is 0 Å².